The SMILES string of the molecule is Cc1ccccc1CC(=O)N1CCCc2ncccc21. The summed E-state index contributed by atoms with van der Waals surface area (Å²) in [4.78, 5) is 18.9. The highest BCUT2D eigenvalue weighted by atomic mass is 16.2. The molecule has 3 heteroatoms. The lowest BCUT2D eigenvalue weighted by Gasteiger charge is -2.28. The third-order valence-corrected chi connectivity index (χ3v) is 3.86. The molecule has 1 aliphatic rings. The van der Waals surface area contributed by atoms with Crippen LogP contribution in [-0.4, -0.2) is 17.4 Å². The van der Waals surface area contributed by atoms with Crippen LogP contribution >= 0.6 is 0 Å². The molecule has 3 rings (SSSR count). The molecule has 1 amide bonds. The van der Waals surface area contributed by atoms with Crippen LogP contribution in [0.4, 0.5) is 5.69 Å². The average molecular weight is 266 g/mol. The Balaban J connectivity index is 1.84. The Labute approximate surface area is 119 Å². The Bertz CT molecular complexity index is 636. The van der Waals surface area contributed by atoms with Crippen molar-refractivity contribution in [2.24, 2.45) is 0 Å². The molecule has 0 N–H and O–H groups in total. The molecular formula is C17H18N2O. The van der Waals surface area contributed by atoms with E-state index in [1.54, 1.807) is 6.20 Å². The molecule has 0 aliphatic carbocycles. The highest BCUT2D eigenvalue weighted by Gasteiger charge is 2.23. The summed E-state index contributed by atoms with van der Waals surface area (Å²) in [5.41, 5.74) is 4.30. The zero-order valence-corrected chi connectivity index (χ0v) is 11.7. The molecule has 3 nitrogen and oxygen atoms in total. The van der Waals surface area contributed by atoms with Crippen LogP contribution in [-0.2, 0) is 17.6 Å². The fourth-order valence-electron chi connectivity index (χ4n) is 2.72. The Morgan fingerprint density at radius 3 is 2.95 bits per heavy atom. The molecule has 20 heavy (non-hydrogen) atoms. The lowest BCUT2D eigenvalue weighted by molar-refractivity contribution is -0.118. The van der Waals surface area contributed by atoms with Crippen LogP contribution in [0.3, 0.4) is 0 Å². The van der Waals surface area contributed by atoms with Gasteiger partial charge in [0.05, 0.1) is 17.8 Å². The molecule has 0 bridgehead atoms. The zero-order valence-electron chi connectivity index (χ0n) is 11.7. The van der Waals surface area contributed by atoms with Crippen LogP contribution in [0.5, 0.6) is 0 Å². The van der Waals surface area contributed by atoms with Gasteiger partial charge in [-0.25, -0.2) is 0 Å². The zero-order chi connectivity index (χ0) is 13.9. The van der Waals surface area contributed by atoms with Crippen LogP contribution in [0.1, 0.15) is 23.2 Å². The highest BCUT2D eigenvalue weighted by Crippen LogP contribution is 2.25. The molecular weight excluding hydrogens is 248 g/mol. The lowest BCUT2D eigenvalue weighted by atomic mass is 10.0. The fourth-order valence-corrected chi connectivity index (χ4v) is 2.72. The molecule has 2 aromatic rings. The van der Waals surface area contributed by atoms with Gasteiger partial charge in [-0.05, 0) is 43.0 Å². The van der Waals surface area contributed by atoms with Gasteiger partial charge in [0.2, 0.25) is 5.91 Å². The summed E-state index contributed by atoms with van der Waals surface area (Å²) in [6.07, 6.45) is 4.21. The summed E-state index contributed by atoms with van der Waals surface area (Å²) in [6.45, 7) is 2.84. The fraction of sp³-hybridized carbons (Fsp3) is 0.294. The van der Waals surface area contributed by atoms with E-state index in [1.165, 1.54) is 5.56 Å². The smallest absolute Gasteiger partial charge is 0.231 e. The minimum absolute atomic E-state index is 0.160. The number of hydrogen-bond donors (Lipinski definition) is 0. The summed E-state index contributed by atoms with van der Waals surface area (Å²) < 4.78 is 0. The second-order valence-corrected chi connectivity index (χ2v) is 5.22. The molecule has 0 fully saturated rings. The van der Waals surface area contributed by atoms with Crippen molar-refractivity contribution < 1.29 is 4.79 Å². The van der Waals surface area contributed by atoms with Crippen molar-refractivity contribution in [1.82, 2.24) is 4.98 Å². The third kappa shape index (κ3) is 2.44. The van der Waals surface area contributed by atoms with E-state index in [1.807, 2.05) is 48.2 Å². The molecule has 1 aromatic carbocycles. The highest BCUT2D eigenvalue weighted by molar-refractivity contribution is 5.95. The first-order chi connectivity index (χ1) is 9.75. The van der Waals surface area contributed by atoms with E-state index in [9.17, 15) is 4.79 Å². The van der Waals surface area contributed by atoms with Crippen molar-refractivity contribution in [3.63, 3.8) is 0 Å². The summed E-state index contributed by atoms with van der Waals surface area (Å²) in [5.74, 6) is 0.160. The predicted molar refractivity (Wildman–Crippen MR) is 79.8 cm³/mol. The first kappa shape index (κ1) is 12.9. The second kappa shape index (κ2) is 5.45. The molecule has 0 saturated carbocycles. The topological polar surface area (TPSA) is 33.2 Å². The first-order valence-electron chi connectivity index (χ1n) is 7.04. The van der Waals surface area contributed by atoms with E-state index in [4.69, 9.17) is 0 Å². The predicted octanol–water partition coefficient (Wildman–Crippen LogP) is 2.91. The molecule has 0 unspecified atom stereocenters. The van der Waals surface area contributed by atoms with E-state index in [2.05, 4.69) is 4.98 Å². The summed E-state index contributed by atoms with van der Waals surface area (Å²) in [5, 5.41) is 0. The lowest BCUT2D eigenvalue weighted by Crippen LogP contribution is -2.36. The molecule has 1 aromatic heterocycles. The van der Waals surface area contributed by atoms with Crippen molar-refractivity contribution in [3.8, 4) is 0 Å². The van der Waals surface area contributed by atoms with E-state index < -0.39 is 0 Å². The minimum Gasteiger partial charge on any atom is -0.310 e. The molecule has 0 saturated heterocycles. The summed E-state index contributed by atoms with van der Waals surface area (Å²) in [7, 11) is 0. The molecule has 0 radical (unpaired) electrons. The van der Waals surface area contributed by atoms with Crippen LogP contribution in [0, 0.1) is 6.92 Å². The number of carbonyl (C=O) groups is 1. The molecule has 2 heterocycles. The van der Waals surface area contributed by atoms with E-state index in [-0.39, 0.29) is 5.91 Å². The van der Waals surface area contributed by atoms with Crippen LogP contribution < -0.4 is 4.90 Å². The molecule has 0 spiro atoms. The molecule has 102 valence electrons. The Kier molecular flexibility index (Phi) is 3.50. The maximum atomic E-state index is 12.6. The maximum Gasteiger partial charge on any atom is 0.231 e. The van der Waals surface area contributed by atoms with Crippen LogP contribution in [0.2, 0.25) is 0 Å². The number of aryl methyl sites for hydroxylation is 2. The van der Waals surface area contributed by atoms with Crippen LogP contribution in [0.25, 0.3) is 0 Å². The minimum atomic E-state index is 0.160. The van der Waals surface area contributed by atoms with Gasteiger partial charge in [-0.2, -0.15) is 0 Å². The number of benzene rings is 1. The Morgan fingerprint density at radius 1 is 1.25 bits per heavy atom. The van der Waals surface area contributed by atoms with Gasteiger partial charge < -0.3 is 4.90 Å². The van der Waals surface area contributed by atoms with Crippen molar-refractivity contribution in [2.45, 2.75) is 26.2 Å². The number of amides is 1. The average Bonchev–Trinajstić information content (AvgIpc) is 2.49. The van der Waals surface area contributed by atoms with E-state index in [0.717, 1.165) is 36.3 Å². The second-order valence-electron chi connectivity index (χ2n) is 5.22. The van der Waals surface area contributed by atoms with Gasteiger partial charge in [-0.3, -0.25) is 9.78 Å². The van der Waals surface area contributed by atoms with Gasteiger partial charge in [0.25, 0.3) is 0 Å². The maximum absolute atomic E-state index is 12.6. The summed E-state index contributed by atoms with van der Waals surface area (Å²) in [6, 6.07) is 12.0. The number of fused-ring (bicyclic) bond motifs is 1. The number of carbonyl (C=O) groups excluding carboxylic acids is 1. The summed E-state index contributed by atoms with van der Waals surface area (Å²) >= 11 is 0. The van der Waals surface area contributed by atoms with Gasteiger partial charge >= 0.3 is 0 Å². The number of nitrogens with zero attached hydrogens (tertiary/aromatic N) is 2. The first-order valence-corrected chi connectivity index (χ1v) is 7.04. The number of hydrogen-bond acceptors (Lipinski definition) is 2. The van der Waals surface area contributed by atoms with Crippen molar-refractivity contribution in [3.05, 3.63) is 59.4 Å². The molecule has 1 aliphatic heterocycles. The van der Waals surface area contributed by atoms with Crippen molar-refractivity contribution >= 4 is 11.6 Å². The van der Waals surface area contributed by atoms with Gasteiger partial charge in [0.1, 0.15) is 0 Å². The quantitative estimate of drug-likeness (QED) is 0.837. The van der Waals surface area contributed by atoms with Gasteiger partial charge in [0, 0.05) is 12.7 Å². The van der Waals surface area contributed by atoms with Crippen molar-refractivity contribution in [2.75, 3.05) is 11.4 Å². The number of aromatic nitrogens is 1. The van der Waals surface area contributed by atoms with Crippen LogP contribution in [0.15, 0.2) is 42.6 Å². The standard InChI is InChI=1S/C17H18N2O/c1-13-6-2-3-7-14(13)12-17(20)19-11-5-8-15-16(19)9-4-10-18-15/h2-4,6-7,9-10H,5,8,11-12H2,1H3. The normalized spacial score (nSPS) is 13.9. The van der Waals surface area contributed by atoms with Gasteiger partial charge in [-0.15, -0.1) is 0 Å². The van der Waals surface area contributed by atoms with E-state index in [0.29, 0.717) is 6.42 Å². The Hall–Kier alpha value is -2.16. The number of rotatable bonds is 2. The molecule has 0 atom stereocenters. The monoisotopic (exact) mass is 266 g/mol. The van der Waals surface area contributed by atoms with E-state index >= 15 is 0 Å². The Morgan fingerprint density at radius 2 is 2.10 bits per heavy atom. The van der Waals surface area contributed by atoms with Gasteiger partial charge in [-0.1, -0.05) is 24.3 Å². The largest absolute Gasteiger partial charge is 0.310 e. The van der Waals surface area contributed by atoms with Crippen molar-refractivity contribution in [1.29, 1.82) is 0 Å². The number of pyridine rings is 1. The number of anilines is 1. The third-order valence-electron chi connectivity index (χ3n) is 3.86. The van der Waals surface area contributed by atoms with Gasteiger partial charge in [0.15, 0.2) is 0 Å².